The van der Waals surface area contributed by atoms with Crippen LogP contribution >= 0.6 is 23.2 Å². The number of carbonyl (C=O) groups is 2. The van der Waals surface area contributed by atoms with Gasteiger partial charge in [-0.05, 0) is 18.4 Å². The number of rotatable bonds is 11. The third-order valence-corrected chi connectivity index (χ3v) is 5.70. The van der Waals surface area contributed by atoms with Gasteiger partial charge in [-0.3, -0.25) is 20.2 Å². The normalized spacial score (nSPS) is 12.0. The zero-order valence-electron chi connectivity index (χ0n) is 20.6. The maximum Gasteiger partial charge on any atom is 0.338 e. The highest BCUT2D eigenvalue weighted by atomic mass is 35.5. The fourth-order valence-corrected chi connectivity index (χ4v) is 3.87. The van der Waals surface area contributed by atoms with E-state index in [1.54, 1.807) is 27.7 Å². The molecule has 206 valence electrons. The quantitative estimate of drug-likeness (QED) is 0.213. The third-order valence-electron chi connectivity index (χ3n) is 4.96. The molecule has 0 aliphatic rings. The lowest BCUT2D eigenvalue weighted by atomic mass is 9.82. The Hall–Kier alpha value is -3.68. The summed E-state index contributed by atoms with van der Waals surface area (Å²) < 4.78 is 15.8. The monoisotopic (exact) mass is 574 g/mol. The van der Waals surface area contributed by atoms with Gasteiger partial charge in [-0.15, -0.1) is 0 Å². The van der Waals surface area contributed by atoms with Crippen molar-refractivity contribution in [2.45, 2.75) is 39.2 Å². The summed E-state index contributed by atoms with van der Waals surface area (Å²) in [5.74, 6) is -2.89. The fourth-order valence-electron chi connectivity index (χ4n) is 3.37. The van der Waals surface area contributed by atoms with E-state index in [-0.39, 0.29) is 29.2 Å². The fraction of sp³-hybridized carbons (Fsp3) is 0.391. The molecule has 0 spiro atoms. The molecule has 0 radical (unpaired) electrons. The van der Waals surface area contributed by atoms with Gasteiger partial charge in [0.1, 0.15) is 30.8 Å². The molecule has 0 amide bonds. The molecule has 0 unspecified atom stereocenters. The highest BCUT2D eigenvalue weighted by Crippen LogP contribution is 2.44. The lowest BCUT2D eigenvalue weighted by molar-refractivity contribution is -0.384. The van der Waals surface area contributed by atoms with E-state index in [1.165, 1.54) is 0 Å². The number of esters is 1. The number of aliphatic hydroxyl groups excluding tert-OH is 1. The lowest BCUT2D eigenvalue weighted by Crippen LogP contribution is -2.27. The number of benzene rings is 2. The molecule has 2 aromatic rings. The SMILES string of the molecule is CCOC(=O)c1cc(OC[C@H](O)COc2c(Cl)c([N+](=O)[O-])cc(C(=O)O)c2C(C)(C)C)c(Cl)c([N+](=O)[O-])c1. The van der Waals surface area contributed by atoms with Crippen molar-refractivity contribution in [2.75, 3.05) is 19.8 Å². The molecule has 0 saturated heterocycles. The number of aromatic carboxylic acids is 1. The van der Waals surface area contributed by atoms with Gasteiger partial charge in [0.25, 0.3) is 11.4 Å². The Bertz CT molecular complexity index is 1280. The highest BCUT2D eigenvalue weighted by molar-refractivity contribution is 6.34. The number of nitro groups is 2. The van der Waals surface area contributed by atoms with Crippen molar-refractivity contribution in [1.82, 2.24) is 0 Å². The summed E-state index contributed by atoms with van der Waals surface area (Å²) in [6.07, 6.45) is -1.45. The molecule has 0 aromatic heterocycles. The zero-order chi connectivity index (χ0) is 28.9. The van der Waals surface area contributed by atoms with Crippen LogP contribution in [0.1, 0.15) is 54.0 Å². The lowest BCUT2D eigenvalue weighted by Gasteiger charge is -2.26. The summed E-state index contributed by atoms with van der Waals surface area (Å²) in [6, 6.07) is 2.86. The Morgan fingerprint density at radius 2 is 1.55 bits per heavy atom. The molecule has 0 aliphatic heterocycles. The molecule has 0 bridgehead atoms. The van der Waals surface area contributed by atoms with Crippen LogP contribution in [0.25, 0.3) is 0 Å². The summed E-state index contributed by atoms with van der Waals surface area (Å²) in [7, 11) is 0. The maximum absolute atomic E-state index is 12.1. The van der Waals surface area contributed by atoms with Gasteiger partial charge in [0, 0.05) is 17.7 Å². The van der Waals surface area contributed by atoms with Gasteiger partial charge >= 0.3 is 11.9 Å². The first-order valence-electron chi connectivity index (χ1n) is 10.9. The van der Waals surface area contributed by atoms with Gasteiger partial charge in [-0.2, -0.15) is 0 Å². The first kappa shape index (κ1) is 30.5. The van der Waals surface area contributed by atoms with E-state index in [1.807, 2.05) is 0 Å². The van der Waals surface area contributed by atoms with Crippen LogP contribution in [0.3, 0.4) is 0 Å². The first-order valence-corrected chi connectivity index (χ1v) is 11.7. The van der Waals surface area contributed by atoms with Gasteiger partial charge in [0.15, 0.2) is 10.0 Å². The second-order valence-electron chi connectivity index (χ2n) is 8.83. The molecular formula is C23H24Cl2N2O11. The number of hydrogen-bond acceptors (Lipinski definition) is 10. The van der Waals surface area contributed by atoms with E-state index in [2.05, 4.69) is 0 Å². The van der Waals surface area contributed by atoms with Gasteiger partial charge < -0.3 is 24.4 Å². The number of nitro benzene ring substituents is 2. The van der Waals surface area contributed by atoms with Crippen molar-refractivity contribution in [2.24, 2.45) is 0 Å². The van der Waals surface area contributed by atoms with E-state index < -0.39 is 73.5 Å². The van der Waals surface area contributed by atoms with E-state index in [0.29, 0.717) is 0 Å². The van der Waals surface area contributed by atoms with Crippen molar-refractivity contribution in [3.8, 4) is 11.5 Å². The van der Waals surface area contributed by atoms with Crippen molar-refractivity contribution >= 4 is 46.5 Å². The van der Waals surface area contributed by atoms with E-state index in [4.69, 9.17) is 37.4 Å². The molecule has 0 fully saturated rings. The summed E-state index contributed by atoms with van der Waals surface area (Å²) in [6.45, 7) is 5.39. The van der Waals surface area contributed by atoms with E-state index in [0.717, 1.165) is 18.2 Å². The molecule has 1 atom stereocenters. The number of aliphatic hydroxyl groups is 1. The second kappa shape index (κ2) is 12.2. The van der Waals surface area contributed by atoms with Crippen LogP contribution in [-0.4, -0.2) is 57.9 Å². The van der Waals surface area contributed by atoms with Gasteiger partial charge in [-0.1, -0.05) is 44.0 Å². The van der Waals surface area contributed by atoms with Crippen LogP contribution < -0.4 is 9.47 Å². The topological polar surface area (TPSA) is 189 Å². The van der Waals surface area contributed by atoms with Crippen molar-refractivity contribution in [3.63, 3.8) is 0 Å². The van der Waals surface area contributed by atoms with E-state index in [9.17, 15) is 40.0 Å². The number of halogens is 2. The van der Waals surface area contributed by atoms with Crippen LogP contribution in [0.2, 0.25) is 10.0 Å². The summed E-state index contributed by atoms with van der Waals surface area (Å²) in [5, 5.41) is 42.0. The van der Waals surface area contributed by atoms with E-state index >= 15 is 0 Å². The Labute approximate surface area is 226 Å². The molecule has 13 nitrogen and oxygen atoms in total. The standard InChI is InChI=1S/C23H24Cl2N2O11/c1-5-36-22(31)11-6-14(26(32)33)18(24)16(7-11)37-9-12(28)10-38-20-17(23(2,3)4)13(21(29)30)8-15(19(20)25)27(34)35/h6-8,12,28H,5,9-10H2,1-4H3,(H,29,30)/t12-/m0/s1. The Morgan fingerprint density at radius 1 is 1.00 bits per heavy atom. The highest BCUT2D eigenvalue weighted by Gasteiger charge is 2.33. The minimum Gasteiger partial charge on any atom is -0.489 e. The maximum atomic E-state index is 12.1. The molecule has 15 heteroatoms. The Balaban J connectivity index is 2.35. The van der Waals surface area contributed by atoms with Crippen LogP contribution in [-0.2, 0) is 10.2 Å². The van der Waals surface area contributed by atoms with Gasteiger partial charge in [-0.25, -0.2) is 9.59 Å². The Kier molecular flexibility index (Phi) is 9.84. The molecule has 2 rings (SSSR count). The number of ether oxygens (including phenoxy) is 3. The largest absolute Gasteiger partial charge is 0.489 e. The first-order chi connectivity index (χ1) is 17.6. The van der Waals surface area contributed by atoms with Crippen LogP contribution in [0, 0.1) is 20.2 Å². The van der Waals surface area contributed by atoms with Crippen molar-refractivity contribution < 1.29 is 43.9 Å². The smallest absolute Gasteiger partial charge is 0.338 e. The van der Waals surface area contributed by atoms with Crippen molar-refractivity contribution in [3.05, 3.63) is 65.2 Å². The average Bonchev–Trinajstić information content (AvgIpc) is 2.81. The minimum atomic E-state index is -1.45. The van der Waals surface area contributed by atoms with Crippen LogP contribution in [0.15, 0.2) is 18.2 Å². The molecular weight excluding hydrogens is 551 g/mol. The van der Waals surface area contributed by atoms with Crippen molar-refractivity contribution in [1.29, 1.82) is 0 Å². The van der Waals surface area contributed by atoms with Crippen LogP contribution in [0.4, 0.5) is 11.4 Å². The number of nitrogens with zero attached hydrogens (tertiary/aromatic N) is 2. The number of carboxylic acids is 1. The molecule has 0 saturated carbocycles. The summed E-state index contributed by atoms with van der Waals surface area (Å²) in [4.78, 5) is 45.0. The van der Waals surface area contributed by atoms with Gasteiger partial charge in [0.2, 0.25) is 0 Å². The molecule has 38 heavy (non-hydrogen) atoms. The molecule has 2 N–H and O–H groups in total. The minimum absolute atomic E-state index is 0.0157. The predicted octanol–water partition coefficient (Wildman–Crippen LogP) is 4.80. The second-order valence-corrected chi connectivity index (χ2v) is 9.59. The zero-order valence-corrected chi connectivity index (χ0v) is 22.2. The summed E-state index contributed by atoms with van der Waals surface area (Å²) >= 11 is 12.2. The molecule has 0 aliphatic carbocycles. The molecule has 2 aromatic carbocycles. The molecule has 0 heterocycles. The average molecular weight is 575 g/mol. The number of carboxylic acid groups (broad SMARTS) is 1. The third kappa shape index (κ3) is 7.00. The van der Waals surface area contributed by atoms with Crippen LogP contribution in [0.5, 0.6) is 11.5 Å². The summed E-state index contributed by atoms with van der Waals surface area (Å²) in [5.41, 5.74) is -2.75. The van der Waals surface area contributed by atoms with Gasteiger partial charge in [0.05, 0.1) is 27.6 Å². The number of carbonyl (C=O) groups excluding carboxylic acids is 1. The predicted molar refractivity (Wildman–Crippen MR) is 135 cm³/mol. The number of hydrogen-bond donors (Lipinski definition) is 2. The Morgan fingerprint density at radius 3 is 2.05 bits per heavy atom.